The van der Waals surface area contributed by atoms with Gasteiger partial charge >= 0.3 is 0 Å². The maximum atomic E-state index is 4.32. The first kappa shape index (κ1) is 9.25. The number of allylic oxidation sites excluding steroid dienone is 4. The highest BCUT2D eigenvalue weighted by Crippen LogP contribution is 2.14. The number of aryl methyl sites for hydroxylation is 1. The summed E-state index contributed by atoms with van der Waals surface area (Å²) >= 11 is 0. The van der Waals surface area contributed by atoms with Gasteiger partial charge in [0.1, 0.15) is 5.82 Å². The van der Waals surface area contributed by atoms with Crippen LogP contribution in [0, 0.1) is 0 Å². The van der Waals surface area contributed by atoms with Crippen molar-refractivity contribution in [2.75, 3.05) is 0 Å². The van der Waals surface area contributed by atoms with Gasteiger partial charge < -0.3 is 4.57 Å². The van der Waals surface area contributed by atoms with E-state index in [4.69, 9.17) is 0 Å². The van der Waals surface area contributed by atoms with E-state index in [2.05, 4.69) is 40.9 Å². The maximum absolute atomic E-state index is 4.32. The summed E-state index contributed by atoms with van der Waals surface area (Å²) in [6.45, 7) is 3.15. The van der Waals surface area contributed by atoms with Gasteiger partial charge in [-0.25, -0.2) is 4.98 Å². The van der Waals surface area contributed by atoms with E-state index in [1.807, 2.05) is 6.20 Å². The van der Waals surface area contributed by atoms with Crippen LogP contribution < -0.4 is 0 Å². The second-order valence-corrected chi connectivity index (χ2v) is 3.62. The molecule has 2 nitrogen and oxygen atoms in total. The van der Waals surface area contributed by atoms with Gasteiger partial charge in [-0.1, -0.05) is 30.7 Å². The molecule has 0 bridgehead atoms. The number of hydrogen-bond acceptors (Lipinski definition) is 1. The van der Waals surface area contributed by atoms with Gasteiger partial charge in [-0.05, 0) is 12.8 Å². The Morgan fingerprint density at radius 3 is 3.14 bits per heavy atom. The third-order valence-corrected chi connectivity index (χ3v) is 2.59. The summed E-state index contributed by atoms with van der Waals surface area (Å²) in [5.74, 6) is 1.18. The first-order valence-corrected chi connectivity index (χ1v) is 5.24. The second-order valence-electron chi connectivity index (χ2n) is 3.62. The highest BCUT2D eigenvalue weighted by atomic mass is 15.1. The van der Waals surface area contributed by atoms with Crippen LogP contribution in [0.2, 0.25) is 0 Å². The van der Waals surface area contributed by atoms with Gasteiger partial charge in [-0.2, -0.15) is 0 Å². The van der Waals surface area contributed by atoms with E-state index in [0.717, 1.165) is 13.0 Å². The lowest BCUT2D eigenvalue weighted by Gasteiger charge is -2.11. The van der Waals surface area contributed by atoms with E-state index in [1.54, 1.807) is 0 Å². The van der Waals surface area contributed by atoms with Crippen LogP contribution in [-0.4, -0.2) is 9.55 Å². The molecule has 2 heteroatoms. The summed E-state index contributed by atoms with van der Waals surface area (Å²) < 4.78 is 2.24. The van der Waals surface area contributed by atoms with E-state index in [-0.39, 0.29) is 0 Å². The summed E-state index contributed by atoms with van der Waals surface area (Å²) in [5, 5.41) is 0. The fourth-order valence-electron chi connectivity index (χ4n) is 1.80. The molecule has 0 saturated heterocycles. The molecular formula is C12H16N2. The number of imidazole rings is 1. The average molecular weight is 188 g/mol. The van der Waals surface area contributed by atoms with Crippen molar-refractivity contribution in [2.24, 2.45) is 0 Å². The molecule has 1 aliphatic carbocycles. The highest BCUT2D eigenvalue weighted by molar-refractivity contribution is 5.18. The van der Waals surface area contributed by atoms with Crippen molar-refractivity contribution < 1.29 is 0 Å². The molecule has 1 aliphatic rings. The first-order valence-electron chi connectivity index (χ1n) is 5.24. The summed E-state index contributed by atoms with van der Waals surface area (Å²) in [6, 6.07) is 0. The quantitative estimate of drug-likeness (QED) is 0.713. The van der Waals surface area contributed by atoms with Crippen molar-refractivity contribution in [2.45, 2.75) is 32.7 Å². The van der Waals surface area contributed by atoms with Crippen LogP contribution in [0.25, 0.3) is 0 Å². The number of aromatic nitrogens is 2. The fourth-order valence-corrected chi connectivity index (χ4v) is 1.80. The van der Waals surface area contributed by atoms with Gasteiger partial charge in [0.25, 0.3) is 0 Å². The van der Waals surface area contributed by atoms with Crippen LogP contribution in [0.3, 0.4) is 0 Å². The Bertz CT molecular complexity index is 358. The van der Waals surface area contributed by atoms with Crippen molar-refractivity contribution in [3.63, 3.8) is 0 Å². The molecule has 1 aromatic rings. The van der Waals surface area contributed by atoms with Gasteiger partial charge in [-0.3, -0.25) is 0 Å². The zero-order chi connectivity index (χ0) is 9.80. The summed E-state index contributed by atoms with van der Waals surface area (Å²) in [7, 11) is 0. The summed E-state index contributed by atoms with van der Waals surface area (Å²) in [4.78, 5) is 4.32. The lowest BCUT2D eigenvalue weighted by atomic mass is 10.1. The van der Waals surface area contributed by atoms with Gasteiger partial charge in [-0.15, -0.1) is 0 Å². The molecule has 0 unspecified atom stereocenters. The Balaban J connectivity index is 2.10. The third kappa shape index (κ3) is 1.95. The molecule has 14 heavy (non-hydrogen) atoms. The molecule has 0 aliphatic heterocycles. The molecule has 74 valence electrons. The van der Waals surface area contributed by atoms with Gasteiger partial charge in [0, 0.05) is 25.4 Å². The molecule has 0 radical (unpaired) electrons. The number of hydrogen-bond donors (Lipinski definition) is 0. The molecule has 0 spiro atoms. The van der Waals surface area contributed by atoms with Crippen LogP contribution in [0.5, 0.6) is 0 Å². The van der Waals surface area contributed by atoms with Crippen molar-refractivity contribution in [1.29, 1.82) is 0 Å². The van der Waals surface area contributed by atoms with Crippen molar-refractivity contribution in [3.8, 4) is 0 Å². The lowest BCUT2D eigenvalue weighted by Crippen LogP contribution is -2.05. The fraction of sp³-hybridized carbons (Fsp3) is 0.417. The Labute approximate surface area is 85.0 Å². The van der Waals surface area contributed by atoms with Crippen LogP contribution in [-0.2, 0) is 13.0 Å². The molecular weight excluding hydrogens is 172 g/mol. The van der Waals surface area contributed by atoms with Crippen LogP contribution in [0.4, 0.5) is 0 Å². The normalized spacial score (nSPS) is 15.6. The SMILES string of the molecule is CCc1nccn1CC1=CC=CCC1. The average Bonchev–Trinajstić information content (AvgIpc) is 2.67. The van der Waals surface area contributed by atoms with E-state index in [1.165, 1.54) is 24.2 Å². The van der Waals surface area contributed by atoms with E-state index < -0.39 is 0 Å². The number of rotatable bonds is 3. The third-order valence-electron chi connectivity index (χ3n) is 2.59. The minimum Gasteiger partial charge on any atom is -0.331 e. The second kappa shape index (κ2) is 4.27. The largest absolute Gasteiger partial charge is 0.331 e. The topological polar surface area (TPSA) is 17.8 Å². The Kier molecular flexibility index (Phi) is 2.82. The monoisotopic (exact) mass is 188 g/mol. The molecule has 0 aromatic carbocycles. The molecule has 0 N–H and O–H groups in total. The predicted molar refractivity (Wildman–Crippen MR) is 58.1 cm³/mol. The van der Waals surface area contributed by atoms with Crippen LogP contribution in [0.15, 0.2) is 36.2 Å². The minimum atomic E-state index is 1.01. The van der Waals surface area contributed by atoms with Crippen molar-refractivity contribution >= 4 is 0 Å². The summed E-state index contributed by atoms with van der Waals surface area (Å²) in [6.07, 6.45) is 13.9. The smallest absolute Gasteiger partial charge is 0.108 e. The van der Waals surface area contributed by atoms with Gasteiger partial charge in [0.2, 0.25) is 0 Å². The molecule has 0 fully saturated rings. The molecule has 0 atom stereocenters. The van der Waals surface area contributed by atoms with Crippen molar-refractivity contribution in [3.05, 3.63) is 42.0 Å². The Morgan fingerprint density at radius 2 is 2.43 bits per heavy atom. The van der Waals surface area contributed by atoms with E-state index in [9.17, 15) is 0 Å². The zero-order valence-corrected chi connectivity index (χ0v) is 8.61. The standard InChI is InChI=1S/C12H16N2/c1-2-12-13-8-9-14(12)10-11-6-4-3-5-7-11/h3-4,6,8-9H,2,5,7,10H2,1H3. The molecule has 2 rings (SSSR count). The van der Waals surface area contributed by atoms with Crippen molar-refractivity contribution in [1.82, 2.24) is 9.55 Å². The first-order chi connectivity index (χ1) is 6.90. The Morgan fingerprint density at radius 1 is 1.50 bits per heavy atom. The van der Waals surface area contributed by atoms with Gasteiger partial charge in [0.15, 0.2) is 0 Å². The van der Waals surface area contributed by atoms with E-state index >= 15 is 0 Å². The van der Waals surface area contributed by atoms with Crippen LogP contribution >= 0.6 is 0 Å². The summed E-state index contributed by atoms with van der Waals surface area (Å²) in [5.41, 5.74) is 1.50. The molecule has 0 amide bonds. The molecule has 1 aromatic heterocycles. The van der Waals surface area contributed by atoms with E-state index in [0.29, 0.717) is 0 Å². The maximum Gasteiger partial charge on any atom is 0.108 e. The Hall–Kier alpha value is -1.31. The zero-order valence-electron chi connectivity index (χ0n) is 8.61. The predicted octanol–water partition coefficient (Wildman–Crippen LogP) is 2.72. The van der Waals surface area contributed by atoms with Gasteiger partial charge in [0.05, 0.1) is 0 Å². The number of nitrogens with zero attached hydrogens (tertiary/aromatic N) is 2. The molecule has 1 heterocycles. The van der Waals surface area contributed by atoms with Crippen LogP contribution in [0.1, 0.15) is 25.6 Å². The highest BCUT2D eigenvalue weighted by Gasteiger charge is 2.04. The molecule has 0 saturated carbocycles. The minimum absolute atomic E-state index is 1.01. The lowest BCUT2D eigenvalue weighted by molar-refractivity contribution is 0.694.